The largest absolute Gasteiger partial charge is 0.394 e. The number of hydrogen-bond acceptors (Lipinski definition) is 6. The third kappa shape index (κ3) is 4.89. The average molecular weight is 257 g/mol. The van der Waals surface area contributed by atoms with Crippen molar-refractivity contribution in [2.75, 3.05) is 24.7 Å². The Morgan fingerprint density at radius 3 is 2.82 bits per heavy atom. The van der Waals surface area contributed by atoms with Crippen LogP contribution in [0.5, 0.6) is 0 Å². The van der Waals surface area contributed by atoms with Gasteiger partial charge in [0.25, 0.3) is 0 Å². The molecule has 0 spiro atoms. The number of aliphatic hydroxyl groups is 2. The minimum Gasteiger partial charge on any atom is -0.394 e. The van der Waals surface area contributed by atoms with Crippen molar-refractivity contribution in [2.45, 2.75) is 30.9 Å². The fourth-order valence-electron chi connectivity index (χ4n) is 1.24. The van der Waals surface area contributed by atoms with Gasteiger partial charge in [-0.2, -0.15) is 0 Å². The summed E-state index contributed by atoms with van der Waals surface area (Å²) in [5.74, 6) is 2.02. The van der Waals surface area contributed by atoms with E-state index in [0.717, 1.165) is 29.5 Å². The van der Waals surface area contributed by atoms with Crippen LogP contribution in [0.4, 0.5) is 5.82 Å². The Kier molecular flexibility index (Phi) is 6.25. The second-order valence-corrected chi connectivity index (χ2v) is 4.70. The zero-order valence-electron chi connectivity index (χ0n) is 10.2. The number of aliphatic hydroxyl groups excluding tert-OH is 2. The van der Waals surface area contributed by atoms with Crippen molar-refractivity contribution < 1.29 is 10.2 Å². The van der Waals surface area contributed by atoms with Crippen molar-refractivity contribution in [2.24, 2.45) is 0 Å². The smallest absolute Gasteiger partial charge is 0.132 e. The summed E-state index contributed by atoms with van der Waals surface area (Å²) in [6, 6.07) is 1.84. The number of aromatic nitrogens is 2. The summed E-state index contributed by atoms with van der Waals surface area (Å²) in [6.45, 7) is 1.86. The van der Waals surface area contributed by atoms with Crippen LogP contribution < -0.4 is 5.32 Å². The lowest BCUT2D eigenvalue weighted by Gasteiger charge is -2.09. The van der Waals surface area contributed by atoms with Crippen LogP contribution in [0.1, 0.15) is 19.2 Å². The monoisotopic (exact) mass is 257 g/mol. The zero-order chi connectivity index (χ0) is 12.7. The fraction of sp³-hybridized carbons (Fsp3) is 0.636. The van der Waals surface area contributed by atoms with Crippen LogP contribution in [0.25, 0.3) is 0 Å². The van der Waals surface area contributed by atoms with Gasteiger partial charge in [0.05, 0.1) is 12.7 Å². The van der Waals surface area contributed by atoms with E-state index in [9.17, 15) is 5.11 Å². The molecule has 0 bridgehead atoms. The van der Waals surface area contributed by atoms with E-state index in [1.54, 1.807) is 0 Å². The standard InChI is InChI=1S/C11H19N3O2S/c1-3-4-9-13-10(12-2)5-11(14-9)17-7-8(16)6-15/h5,8,15-16H,3-4,6-7H2,1-2H3,(H,12,13,14). The molecule has 3 N–H and O–H groups in total. The lowest BCUT2D eigenvalue weighted by atomic mass is 10.3. The van der Waals surface area contributed by atoms with Crippen molar-refractivity contribution in [3.63, 3.8) is 0 Å². The number of aryl methyl sites for hydroxylation is 1. The van der Waals surface area contributed by atoms with Crippen LogP contribution in [0.2, 0.25) is 0 Å². The number of rotatable bonds is 7. The molecule has 1 aromatic heterocycles. The molecule has 1 heterocycles. The van der Waals surface area contributed by atoms with Crippen LogP contribution in [0.15, 0.2) is 11.1 Å². The summed E-state index contributed by atoms with van der Waals surface area (Å²) >= 11 is 1.42. The maximum Gasteiger partial charge on any atom is 0.132 e. The molecule has 0 saturated carbocycles. The van der Waals surface area contributed by atoms with E-state index in [4.69, 9.17) is 5.11 Å². The molecule has 0 aliphatic rings. The number of thioether (sulfide) groups is 1. The first-order chi connectivity index (χ1) is 8.19. The Bertz CT molecular complexity index is 349. The molecule has 17 heavy (non-hydrogen) atoms. The molecule has 1 unspecified atom stereocenters. The molecule has 0 amide bonds. The minimum absolute atomic E-state index is 0.223. The first-order valence-corrected chi connectivity index (χ1v) is 6.65. The van der Waals surface area contributed by atoms with Crippen LogP contribution in [-0.2, 0) is 6.42 Å². The summed E-state index contributed by atoms with van der Waals surface area (Å²) in [6.07, 6.45) is 1.13. The highest BCUT2D eigenvalue weighted by molar-refractivity contribution is 7.99. The number of hydrogen-bond donors (Lipinski definition) is 3. The number of nitrogens with one attached hydrogen (secondary N) is 1. The number of nitrogens with zero attached hydrogens (tertiary/aromatic N) is 2. The van der Waals surface area contributed by atoms with E-state index in [2.05, 4.69) is 22.2 Å². The lowest BCUT2D eigenvalue weighted by Crippen LogP contribution is -2.14. The first-order valence-electron chi connectivity index (χ1n) is 5.67. The average Bonchev–Trinajstić information content (AvgIpc) is 2.36. The molecule has 0 saturated heterocycles. The van der Waals surface area contributed by atoms with E-state index in [-0.39, 0.29) is 6.61 Å². The molecule has 96 valence electrons. The van der Waals surface area contributed by atoms with Crippen molar-refractivity contribution in [1.29, 1.82) is 0 Å². The third-order valence-corrected chi connectivity index (χ3v) is 3.17. The first kappa shape index (κ1) is 14.2. The van der Waals surface area contributed by atoms with Crippen molar-refractivity contribution in [1.82, 2.24) is 9.97 Å². The van der Waals surface area contributed by atoms with Gasteiger partial charge in [0.2, 0.25) is 0 Å². The second kappa shape index (κ2) is 7.47. The topological polar surface area (TPSA) is 78.3 Å². The molecule has 0 radical (unpaired) electrons. The molecule has 0 aliphatic carbocycles. The van der Waals surface area contributed by atoms with Crippen LogP contribution in [0.3, 0.4) is 0 Å². The van der Waals surface area contributed by atoms with Gasteiger partial charge < -0.3 is 15.5 Å². The van der Waals surface area contributed by atoms with E-state index < -0.39 is 6.10 Å². The molecular weight excluding hydrogens is 238 g/mol. The SMILES string of the molecule is CCCc1nc(NC)cc(SCC(O)CO)n1. The van der Waals surface area contributed by atoms with E-state index in [1.165, 1.54) is 11.8 Å². The predicted molar refractivity (Wildman–Crippen MR) is 69.4 cm³/mol. The lowest BCUT2D eigenvalue weighted by molar-refractivity contribution is 0.113. The van der Waals surface area contributed by atoms with Crippen LogP contribution >= 0.6 is 11.8 Å². The van der Waals surface area contributed by atoms with Crippen molar-refractivity contribution in [3.8, 4) is 0 Å². The van der Waals surface area contributed by atoms with Gasteiger partial charge in [0.15, 0.2) is 0 Å². The van der Waals surface area contributed by atoms with Gasteiger partial charge in [0, 0.05) is 25.3 Å². The van der Waals surface area contributed by atoms with E-state index in [1.807, 2.05) is 13.1 Å². The summed E-state index contributed by atoms with van der Waals surface area (Å²) in [7, 11) is 1.81. The molecule has 0 aromatic carbocycles. The van der Waals surface area contributed by atoms with Gasteiger partial charge in [-0.1, -0.05) is 6.92 Å². The van der Waals surface area contributed by atoms with Gasteiger partial charge in [-0.3, -0.25) is 0 Å². The molecule has 0 fully saturated rings. The Hall–Kier alpha value is -0.850. The Balaban J connectivity index is 2.72. The third-order valence-electron chi connectivity index (χ3n) is 2.11. The highest BCUT2D eigenvalue weighted by Crippen LogP contribution is 2.19. The summed E-state index contributed by atoms with van der Waals surface area (Å²) < 4.78 is 0. The highest BCUT2D eigenvalue weighted by Gasteiger charge is 2.07. The van der Waals surface area contributed by atoms with Crippen molar-refractivity contribution in [3.05, 3.63) is 11.9 Å². The Morgan fingerprint density at radius 1 is 1.47 bits per heavy atom. The Labute approximate surface area is 106 Å². The van der Waals surface area contributed by atoms with Crippen molar-refractivity contribution >= 4 is 17.6 Å². The molecule has 1 atom stereocenters. The van der Waals surface area contributed by atoms with Gasteiger partial charge in [0.1, 0.15) is 16.7 Å². The molecule has 5 nitrogen and oxygen atoms in total. The minimum atomic E-state index is -0.706. The second-order valence-electron chi connectivity index (χ2n) is 3.66. The maximum atomic E-state index is 9.29. The van der Waals surface area contributed by atoms with Crippen LogP contribution in [0, 0.1) is 0 Å². The molecule has 1 aromatic rings. The van der Waals surface area contributed by atoms with Gasteiger partial charge in [-0.15, -0.1) is 11.8 Å². The van der Waals surface area contributed by atoms with Crippen LogP contribution in [-0.4, -0.2) is 45.7 Å². The quantitative estimate of drug-likeness (QED) is 0.498. The highest BCUT2D eigenvalue weighted by atomic mass is 32.2. The predicted octanol–water partition coefficient (Wildman–Crippen LogP) is 0.916. The van der Waals surface area contributed by atoms with E-state index >= 15 is 0 Å². The van der Waals surface area contributed by atoms with Gasteiger partial charge >= 0.3 is 0 Å². The molecule has 1 rings (SSSR count). The fourth-order valence-corrected chi connectivity index (χ4v) is 2.08. The normalized spacial score (nSPS) is 12.5. The molecule has 6 heteroatoms. The van der Waals surface area contributed by atoms with E-state index in [0.29, 0.717) is 5.75 Å². The summed E-state index contributed by atoms with van der Waals surface area (Å²) in [4.78, 5) is 8.74. The molecular formula is C11H19N3O2S. The number of anilines is 1. The maximum absolute atomic E-state index is 9.29. The Morgan fingerprint density at radius 2 is 2.24 bits per heavy atom. The summed E-state index contributed by atoms with van der Waals surface area (Å²) in [5.41, 5.74) is 0. The van der Waals surface area contributed by atoms with Gasteiger partial charge in [-0.25, -0.2) is 9.97 Å². The van der Waals surface area contributed by atoms with Gasteiger partial charge in [-0.05, 0) is 6.42 Å². The zero-order valence-corrected chi connectivity index (χ0v) is 11.0. The summed E-state index contributed by atoms with van der Waals surface area (Å²) in [5, 5.41) is 21.8. The molecule has 0 aliphatic heterocycles.